The second-order valence-corrected chi connectivity index (χ2v) is 5.57. The number of hydrogen-bond acceptors (Lipinski definition) is 3. The van der Waals surface area contributed by atoms with Crippen LogP contribution in [-0.4, -0.2) is 21.0 Å². The zero-order valence-corrected chi connectivity index (χ0v) is 15.0. The van der Waals surface area contributed by atoms with Gasteiger partial charge in [-0.05, 0) is 30.3 Å². The molecule has 0 fully saturated rings. The summed E-state index contributed by atoms with van der Waals surface area (Å²) < 4.78 is 1.01. The van der Waals surface area contributed by atoms with Crippen LogP contribution < -0.4 is 0 Å². The van der Waals surface area contributed by atoms with Crippen LogP contribution in [-0.2, 0) is 0 Å². The largest absolute Gasteiger partial charge is 0.478 e. The Balaban J connectivity index is 0.00000100. The number of carboxylic acids is 1. The molecule has 0 bridgehead atoms. The molecular weight excluding hydrogens is 368 g/mol. The molecule has 0 aliphatic carbocycles. The van der Waals surface area contributed by atoms with Gasteiger partial charge in [0.1, 0.15) is 0 Å². The van der Waals surface area contributed by atoms with E-state index in [4.69, 9.17) is 5.11 Å². The summed E-state index contributed by atoms with van der Waals surface area (Å²) in [5.41, 5.74) is 2.84. The summed E-state index contributed by atoms with van der Waals surface area (Å²) in [4.78, 5) is 19.7. The molecule has 0 radical (unpaired) electrons. The number of hydrogen-bond donors (Lipinski definition) is 1. The molecule has 0 spiro atoms. The fourth-order valence-corrected chi connectivity index (χ4v) is 2.31. The maximum absolute atomic E-state index is 10.9. The fourth-order valence-electron chi connectivity index (χ4n) is 2.04. The van der Waals surface area contributed by atoms with E-state index in [1.807, 2.05) is 44.2 Å². The van der Waals surface area contributed by atoms with Crippen molar-refractivity contribution in [2.75, 3.05) is 0 Å². The van der Waals surface area contributed by atoms with Crippen LogP contribution in [0.5, 0.6) is 0 Å². The number of halogens is 1. The summed E-state index contributed by atoms with van der Waals surface area (Å²) in [5.74, 6) is -0.381. The van der Waals surface area contributed by atoms with E-state index in [2.05, 4.69) is 25.9 Å². The molecule has 2 aromatic carbocycles. The van der Waals surface area contributed by atoms with Gasteiger partial charge < -0.3 is 5.11 Å². The van der Waals surface area contributed by atoms with Crippen molar-refractivity contribution in [2.24, 2.45) is 0 Å². The van der Waals surface area contributed by atoms with Gasteiger partial charge in [0, 0.05) is 21.8 Å². The molecule has 0 atom stereocenters. The van der Waals surface area contributed by atoms with E-state index in [-0.39, 0.29) is 5.56 Å². The molecule has 0 amide bonds. The van der Waals surface area contributed by atoms with E-state index in [9.17, 15) is 4.79 Å². The lowest BCUT2D eigenvalue weighted by molar-refractivity contribution is 0.0697. The third-order valence-electron chi connectivity index (χ3n) is 3.19. The van der Waals surface area contributed by atoms with Crippen molar-refractivity contribution in [1.29, 1.82) is 0 Å². The third kappa shape index (κ3) is 4.26. The summed E-state index contributed by atoms with van der Waals surface area (Å²) >= 11 is 3.41. The summed E-state index contributed by atoms with van der Waals surface area (Å²) in [6.07, 6.45) is 1.70. The molecule has 5 heteroatoms. The number of rotatable bonds is 3. The Morgan fingerprint density at radius 1 is 0.917 bits per heavy atom. The quantitative estimate of drug-likeness (QED) is 0.665. The highest BCUT2D eigenvalue weighted by atomic mass is 79.9. The minimum Gasteiger partial charge on any atom is -0.478 e. The standard InChI is InChI=1S/C17H11BrN2O2.C2H6/c18-14-7-5-11(6-8-14)15-9-10-19-16(20-15)12-1-3-13(4-2-12)17(21)22;1-2/h1-10H,(H,21,22);1-2H3. The predicted molar refractivity (Wildman–Crippen MR) is 98.9 cm³/mol. The van der Waals surface area contributed by atoms with Gasteiger partial charge >= 0.3 is 5.97 Å². The average molecular weight is 385 g/mol. The van der Waals surface area contributed by atoms with Crippen molar-refractivity contribution >= 4 is 21.9 Å². The summed E-state index contributed by atoms with van der Waals surface area (Å²) in [6.45, 7) is 4.00. The van der Waals surface area contributed by atoms with Gasteiger partial charge in [0.15, 0.2) is 5.82 Å². The fraction of sp³-hybridized carbons (Fsp3) is 0.105. The summed E-state index contributed by atoms with van der Waals surface area (Å²) in [5, 5.41) is 8.93. The van der Waals surface area contributed by atoms with Gasteiger partial charge in [0.25, 0.3) is 0 Å². The number of aromatic nitrogens is 2. The Kier molecular flexibility index (Phi) is 6.21. The van der Waals surface area contributed by atoms with Gasteiger partial charge in [0.2, 0.25) is 0 Å². The van der Waals surface area contributed by atoms with Gasteiger partial charge in [-0.1, -0.05) is 54.0 Å². The molecule has 1 N–H and O–H groups in total. The number of aromatic carboxylic acids is 1. The molecule has 0 unspecified atom stereocenters. The van der Waals surface area contributed by atoms with E-state index in [0.717, 1.165) is 21.3 Å². The monoisotopic (exact) mass is 384 g/mol. The van der Waals surface area contributed by atoms with Gasteiger partial charge in [-0.2, -0.15) is 0 Å². The molecule has 1 aromatic heterocycles. The Hall–Kier alpha value is -2.53. The molecule has 0 aliphatic heterocycles. The summed E-state index contributed by atoms with van der Waals surface area (Å²) in [7, 11) is 0. The molecule has 122 valence electrons. The topological polar surface area (TPSA) is 63.1 Å². The minimum absolute atomic E-state index is 0.243. The van der Waals surface area contributed by atoms with E-state index in [0.29, 0.717) is 5.82 Å². The van der Waals surface area contributed by atoms with E-state index < -0.39 is 5.97 Å². The minimum atomic E-state index is -0.948. The van der Waals surface area contributed by atoms with E-state index in [1.54, 1.807) is 30.5 Å². The highest BCUT2D eigenvalue weighted by molar-refractivity contribution is 9.10. The van der Waals surface area contributed by atoms with Crippen molar-refractivity contribution in [3.05, 3.63) is 70.8 Å². The lowest BCUT2D eigenvalue weighted by Gasteiger charge is -2.05. The smallest absolute Gasteiger partial charge is 0.335 e. The van der Waals surface area contributed by atoms with Crippen molar-refractivity contribution < 1.29 is 9.90 Å². The van der Waals surface area contributed by atoms with Gasteiger partial charge in [0.05, 0.1) is 11.3 Å². The van der Waals surface area contributed by atoms with Gasteiger partial charge in [-0.15, -0.1) is 0 Å². The number of benzene rings is 2. The first-order chi connectivity index (χ1) is 11.6. The molecule has 0 saturated heterocycles. The van der Waals surface area contributed by atoms with Crippen LogP contribution in [0.1, 0.15) is 24.2 Å². The van der Waals surface area contributed by atoms with E-state index in [1.165, 1.54) is 0 Å². The first kappa shape index (κ1) is 17.8. The average Bonchev–Trinajstić information content (AvgIpc) is 2.64. The normalized spacial score (nSPS) is 9.79. The lowest BCUT2D eigenvalue weighted by Crippen LogP contribution is -1.96. The van der Waals surface area contributed by atoms with Crippen LogP contribution in [0, 0.1) is 0 Å². The molecule has 0 saturated carbocycles. The summed E-state index contributed by atoms with van der Waals surface area (Å²) in [6, 6.07) is 16.2. The van der Waals surface area contributed by atoms with Gasteiger partial charge in [-0.25, -0.2) is 14.8 Å². The zero-order chi connectivity index (χ0) is 17.5. The predicted octanol–water partition coefficient (Wildman–Crippen LogP) is 5.30. The Labute approximate surface area is 149 Å². The van der Waals surface area contributed by atoms with Gasteiger partial charge in [-0.3, -0.25) is 0 Å². The Morgan fingerprint density at radius 3 is 2.08 bits per heavy atom. The van der Waals surface area contributed by atoms with Crippen molar-refractivity contribution in [3.63, 3.8) is 0 Å². The van der Waals surface area contributed by atoms with Crippen molar-refractivity contribution in [1.82, 2.24) is 9.97 Å². The van der Waals surface area contributed by atoms with Crippen LogP contribution in [0.3, 0.4) is 0 Å². The molecule has 3 rings (SSSR count). The maximum atomic E-state index is 10.9. The van der Waals surface area contributed by atoms with E-state index >= 15 is 0 Å². The molecule has 3 aromatic rings. The van der Waals surface area contributed by atoms with Crippen molar-refractivity contribution in [3.8, 4) is 22.6 Å². The SMILES string of the molecule is CC.O=C(O)c1ccc(-c2nccc(-c3ccc(Br)cc3)n2)cc1. The molecule has 24 heavy (non-hydrogen) atoms. The molecule has 4 nitrogen and oxygen atoms in total. The maximum Gasteiger partial charge on any atom is 0.335 e. The molecule has 1 heterocycles. The Morgan fingerprint density at radius 2 is 1.50 bits per heavy atom. The highest BCUT2D eigenvalue weighted by Gasteiger charge is 2.07. The Bertz CT molecular complexity index is 816. The number of carboxylic acid groups (broad SMARTS) is 1. The first-order valence-corrected chi connectivity index (χ1v) is 8.35. The first-order valence-electron chi connectivity index (χ1n) is 7.56. The lowest BCUT2D eigenvalue weighted by atomic mass is 10.1. The van der Waals surface area contributed by atoms with Crippen LogP contribution in [0.25, 0.3) is 22.6 Å². The second kappa shape index (κ2) is 8.36. The van der Waals surface area contributed by atoms with Crippen molar-refractivity contribution in [2.45, 2.75) is 13.8 Å². The third-order valence-corrected chi connectivity index (χ3v) is 3.71. The number of nitrogens with zero attached hydrogens (tertiary/aromatic N) is 2. The van der Waals surface area contributed by atoms with Crippen LogP contribution >= 0.6 is 15.9 Å². The second-order valence-electron chi connectivity index (χ2n) is 4.65. The highest BCUT2D eigenvalue weighted by Crippen LogP contribution is 2.22. The number of carbonyl (C=O) groups is 1. The molecular formula is C19H17BrN2O2. The van der Waals surface area contributed by atoms with Crippen LogP contribution in [0.4, 0.5) is 0 Å². The molecule has 0 aliphatic rings. The zero-order valence-electron chi connectivity index (χ0n) is 13.4. The van der Waals surface area contributed by atoms with Crippen LogP contribution in [0.2, 0.25) is 0 Å². The van der Waals surface area contributed by atoms with Crippen LogP contribution in [0.15, 0.2) is 65.3 Å².